The summed E-state index contributed by atoms with van der Waals surface area (Å²) in [7, 11) is 0. The molecular formula is C12H15N. The Labute approximate surface area is 79.8 Å². The van der Waals surface area contributed by atoms with Crippen LogP contribution in [-0.4, -0.2) is 4.98 Å². The van der Waals surface area contributed by atoms with Gasteiger partial charge in [0.15, 0.2) is 0 Å². The van der Waals surface area contributed by atoms with Crippen LogP contribution in [0.4, 0.5) is 0 Å². The Morgan fingerprint density at radius 3 is 2.92 bits per heavy atom. The molecule has 0 bridgehead atoms. The number of pyridine rings is 1. The van der Waals surface area contributed by atoms with Gasteiger partial charge in [0, 0.05) is 17.8 Å². The smallest absolute Gasteiger partial charge is 0.0472 e. The van der Waals surface area contributed by atoms with E-state index in [9.17, 15) is 0 Å². The molecule has 0 amide bonds. The minimum atomic E-state index is 0.416. The zero-order valence-electron chi connectivity index (χ0n) is 7.98. The fourth-order valence-corrected chi connectivity index (χ4v) is 1.25. The molecule has 0 N–H and O–H groups in total. The fourth-order valence-electron chi connectivity index (χ4n) is 1.25. The van der Waals surface area contributed by atoms with Gasteiger partial charge in [-0.2, -0.15) is 0 Å². The maximum Gasteiger partial charge on any atom is 0.0472 e. The van der Waals surface area contributed by atoms with Gasteiger partial charge in [0.2, 0.25) is 0 Å². The highest BCUT2D eigenvalue weighted by molar-refractivity contribution is 5.17. The molecule has 1 unspecified atom stereocenters. The van der Waals surface area contributed by atoms with E-state index in [0.717, 1.165) is 12.1 Å². The van der Waals surface area contributed by atoms with E-state index in [0.29, 0.717) is 5.92 Å². The summed E-state index contributed by atoms with van der Waals surface area (Å²) >= 11 is 0. The lowest BCUT2D eigenvalue weighted by Gasteiger charge is -2.07. The molecule has 1 nitrogen and oxygen atoms in total. The van der Waals surface area contributed by atoms with Crippen molar-refractivity contribution in [1.29, 1.82) is 0 Å². The molecule has 1 rings (SSSR count). The van der Waals surface area contributed by atoms with Gasteiger partial charge < -0.3 is 0 Å². The van der Waals surface area contributed by atoms with Crippen LogP contribution in [0.2, 0.25) is 0 Å². The van der Waals surface area contributed by atoms with Gasteiger partial charge in [-0.1, -0.05) is 37.8 Å². The van der Waals surface area contributed by atoms with Crippen LogP contribution in [-0.2, 0) is 0 Å². The Bertz CT molecular complexity index is 274. The fraction of sp³-hybridized carbons (Fsp3) is 0.250. The van der Waals surface area contributed by atoms with Crippen molar-refractivity contribution >= 4 is 0 Å². The largest absolute Gasteiger partial charge is 0.261 e. The van der Waals surface area contributed by atoms with Crippen LogP contribution in [0, 0.1) is 0 Å². The first-order chi connectivity index (χ1) is 6.38. The van der Waals surface area contributed by atoms with Gasteiger partial charge in [0.25, 0.3) is 0 Å². The second kappa shape index (κ2) is 5.31. The third-order valence-electron chi connectivity index (χ3n) is 1.99. The standard InChI is InChI=1S/C12H15N/c1-3-5-8-11(4-2)12-9-6-7-10-13-12/h3,5-11H,1,4H2,2H3/b8-5-. The number of allylic oxidation sites excluding steroid dienone is 3. The topological polar surface area (TPSA) is 12.9 Å². The van der Waals surface area contributed by atoms with Gasteiger partial charge in [0.05, 0.1) is 0 Å². The number of aromatic nitrogens is 1. The molecule has 1 atom stereocenters. The summed E-state index contributed by atoms with van der Waals surface area (Å²) in [5.74, 6) is 0.416. The van der Waals surface area contributed by atoms with Gasteiger partial charge >= 0.3 is 0 Å². The van der Waals surface area contributed by atoms with Crippen LogP contribution in [0.3, 0.4) is 0 Å². The Morgan fingerprint density at radius 1 is 1.54 bits per heavy atom. The van der Waals surface area contributed by atoms with E-state index in [2.05, 4.69) is 30.6 Å². The van der Waals surface area contributed by atoms with Crippen molar-refractivity contribution in [3.8, 4) is 0 Å². The SMILES string of the molecule is C=C/C=C\C(CC)c1ccccn1. The van der Waals surface area contributed by atoms with E-state index in [1.54, 1.807) is 6.08 Å². The van der Waals surface area contributed by atoms with Gasteiger partial charge in [-0.15, -0.1) is 0 Å². The van der Waals surface area contributed by atoms with E-state index >= 15 is 0 Å². The van der Waals surface area contributed by atoms with Crippen molar-refractivity contribution in [3.63, 3.8) is 0 Å². The molecule has 1 heterocycles. The van der Waals surface area contributed by atoms with Crippen molar-refractivity contribution in [1.82, 2.24) is 4.98 Å². The van der Waals surface area contributed by atoms with Gasteiger partial charge in [-0.3, -0.25) is 4.98 Å². The lowest BCUT2D eigenvalue weighted by Crippen LogP contribution is -1.95. The van der Waals surface area contributed by atoms with E-state index in [4.69, 9.17) is 0 Å². The quantitative estimate of drug-likeness (QED) is 0.636. The minimum Gasteiger partial charge on any atom is -0.261 e. The molecule has 1 heteroatoms. The lowest BCUT2D eigenvalue weighted by molar-refractivity contribution is 0.775. The Morgan fingerprint density at radius 2 is 2.38 bits per heavy atom. The van der Waals surface area contributed by atoms with Crippen LogP contribution in [0.1, 0.15) is 25.0 Å². The number of rotatable bonds is 4. The van der Waals surface area contributed by atoms with Crippen LogP contribution in [0.25, 0.3) is 0 Å². The lowest BCUT2D eigenvalue weighted by atomic mass is 10.0. The molecule has 1 aromatic heterocycles. The highest BCUT2D eigenvalue weighted by Crippen LogP contribution is 2.17. The molecule has 0 aliphatic heterocycles. The summed E-state index contributed by atoms with van der Waals surface area (Å²) < 4.78 is 0. The van der Waals surface area contributed by atoms with Crippen molar-refractivity contribution in [3.05, 3.63) is 54.9 Å². The monoisotopic (exact) mass is 173 g/mol. The first-order valence-corrected chi connectivity index (χ1v) is 4.58. The molecule has 0 fully saturated rings. The first-order valence-electron chi connectivity index (χ1n) is 4.58. The van der Waals surface area contributed by atoms with E-state index in [1.165, 1.54) is 0 Å². The summed E-state index contributed by atoms with van der Waals surface area (Å²) in [4.78, 5) is 4.32. The number of hydrogen-bond acceptors (Lipinski definition) is 1. The number of nitrogens with zero attached hydrogens (tertiary/aromatic N) is 1. The zero-order valence-corrected chi connectivity index (χ0v) is 7.98. The van der Waals surface area contributed by atoms with E-state index in [1.807, 2.05) is 24.4 Å². The van der Waals surface area contributed by atoms with Crippen LogP contribution < -0.4 is 0 Å². The van der Waals surface area contributed by atoms with Crippen LogP contribution >= 0.6 is 0 Å². The molecule has 0 aliphatic rings. The third kappa shape index (κ3) is 2.86. The van der Waals surface area contributed by atoms with Gasteiger partial charge in [-0.05, 0) is 18.6 Å². The molecule has 68 valence electrons. The van der Waals surface area contributed by atoms with E-state index in [-0.39, 0.29) is 0 Å². The van der Waals surface area contributed by atoms with Crippen molar-refractivity contribution in [2.75, 3.05) is 0 Å². The average Bonchev–Trinajstić information content (AvgIpc) is 2.21. The average molecular weight is 173 g/mol. The molecule has 0 aromatic carbocycles. The zero-order chi connectivity index (χ0) is 9.52. The molecular weight excluding hydrogens is 158 g/mol. The molecule has 0 saturated carbocycles. The molecule has 0 radical (unpaired) electrons. The van der Waals surface area contributed by atoms with Crippen molar-refractivity contribution < 1.29 is 0 Å². The molecule has 0 aliphatic carbocycles. The van der Waals surface area contributed by atoms with Crippen molar-refractivity contribution in [2.45, 2.75) is 19.3 Å². The normalized spacial score (nSPS) is 13.0. The third-order valence-corrected chi connectivity index (χ3v) is 1.99. The summed E-state index contributed by atoms with van der Waals surface area (Å²) in [6.07, 6.45) is 8.81. The summed E-state index contributed by atoms with van der Waals surface area (Å²) in [6.45, 7) is 5.81. The Hall–Kier alpha value is -1.37. The summed E-state index contributed by atoms with van der Waals surface area (Å²) in [5, 5.41) is 0. The first kappa shape index (κ1) is 9.72. The Balaban J connectivity index is 2.78. The molecule has 0 spiro atoms. The highest BCUT2D eigenvalue weighted by Gasteiger charge is 2.04. The number of hydrogen-bond donors (Lipinski definition) is 0. The second-order valence-electron chi connectivity index (χ2n) is 2.89. The molecule has 13 heavy (non-hydrogen) atoms. The maximum atomic E-state index is 4.32. The van der Waals surface area contributed by atoms with Gasteiger partial charge in [0.1, 0.15) is 0 Å². The molecule has 0 saturated heterocycles. The van der Waals surface area contributed by atoms with Crippen LogP contribution in [0.15, 0.2) is 49.2 Å². The van der Waals surface area contributed by atoms with Crippen molar-refractivity contribution in [2.24, 2.45) is 0 Å². The predicted octanol–water partition coefficient (Wildman–Crippen LogP) is 3.32. The maximum absolute atomic E-state index is 4.32. The highest BCUT2D eigenvalue weighted by atomic mass is 14.7. The molecule has 1 aromatic rings. The Kier molecular flexibility index (Phi) is 3.97. The second-order valence-corrected chi connectivity index (χ2v) is 2.89. The summed E-state index contributed by atoms with van der Waals surface area (Å²) in [5.41, 5.74) is 1.13. The summed E-state index contributed by atoms with van der Waals surface area (Å²) in [6, 6.07) is 6.02. The van der Waals surface area contributed by atoms with E-state index < -0.39 is 0 Å². The predicted molar refractivity (Wildman–Crippen MR) is 56.6 cm³/mol. The van der Waals surface area contributed by atoms with Gasteiger partial charge in [-0.25, -0.2) is 0 Å². The van der Waals surface area contributed by atoms with Crippen LogP contribution in [0.5, 0.6) is 0 Å². The minimum absolute atomic E-state index is 0.416.